The third-order valence-electron chi connectivity index (χ3n) is 12.2. The molecule has 386 valence electrons. The minimum absolute atomic E-state index is 0.235. The number of rotatable bonds is 44. The number of carbonyl (C=O) groups is 1. The molecule has 8 unspecified atom stereocenters. The number of hydrogen-bond donors (Lipinski definition) is 7. The molecule has 1 aliphatic rings. The SMILES string of the molecule is CCC/C=C/CC/C=C/C(O)C(COC1OC(CO)C(O)C(OS(=O)(=O)O)C1O)NC(=O)C(O)CCCCCCCCCCCCCCCC/C=C\C/C=C\CCCCCCCCCCC. The monoisotopic (exact) mass is 958 g/mol. The summed E-state index contributed by atoms with van der Waals surface area (Å²) in [6, 6.07) is -1.13. The highest BCUT2D eigenvalue weighted by atomic mass is 32.3. The van der Waals surface area contributed by atoms with Crippen LogP contribution in [-0.4, -0.2) is 107 Å². The van der Waals surface area contributed by atoms with Crippen LogP contribution >= 0.6 is 0 Å². The Balaban J connectivity index is 2.25. The summed E-state index contributed by atoms with van der Waals surface area (Å²) in [5, 5.41) is 55.0. The molecule has 1 amide bonds. The molecule has 1 heterocycles. The molecular weight excluding hydrogens is 863 g/mol. The number of ether oxygens (including phenoxy) is 2. The van der Waals surface area contributed by atoms with E-state index in [0.29, 0.717) is 12.8 Å². The van der Waals surface area contributed by atoms with E-state index in [0.717, 1.165) is 44.9 Å². The predicted octanol–water partition coefficient (Wildman–Crippen LogP) is 10.2. The standard InChI is InChI=1S/C52H95NO12S/c1-3-5-7-9-11-12-13-14-15-16-17-18-19-20-21-22-23-24-25-26-27-28-29-30-31-32-33-35-37-39-41-46(56)51(59)53-44(45(55)40-38-36-34-10-8-6-4-2)43-63-52-49(58)50(65-66(60,61)62)48(57)47(42-54)64-52/h8,10,17-18,20-21,38,40,44-50,52,54-58H,3-7,9,11-16,19,22-37,39,41-43H2,1-2H3,(H,53,59)(H,60,61,62)/b10-8+,18-17-,21-20-,40-38+. The normalized spacial score (nSPS) is 20.9. The van der Waals surface area contributed by atoms with Crippen LogP contribution in [0.5, 0.6) is 0 Å². The van der Waals surface area contributed by atoms with E-state index in [-0.39, 0.29) is 6.42 Å². The Kier molecular flexibility index (Phi) is 39.4. The molecule has 0 aliphatic carbocycles. The van der Waals surface area contributed by atoms with Crippen molar-refractivity contribution in [1.82, 2.24) is 5.32 Å². The lowest BCUT2D eigenvalue weighted by atomic mass is 9.99. The molecule has 0 aromatic carbocycles. The van der Waals surface area contributed by atoms with Gasteiger partial charge in [0.25, 0.3) is 0 Å². The third kappa shape index (κ3) is 33.5. The molecule has 0 aromatic rings. The summed E-state index contributed by atoms with van der Waals surface area (Å²) in [4.78, 5) is 13.1. The Morgan fingerprint density at radius 2 is 1.09 bits per heavy atom. The van der Waals surface area contributed by atoms with Gasteiger partial charge in [-0.2, -0.15) is 8.42 Å². The first-order chi connectivity index (χ1) is 31.9. The van der Waals surface area contributed by atoms with Crippen molar-refractivity contribution in [2.45, 2.75) is 262 Å². The van der Waals surface area contributed by atoms with Crippen LogP contribution in [0.2, 0.25) is 0 Å². The lowest BCUT2D eigenvalue weighted by Crippen LogP contribution is -2.61. The maximum Gasteiger partial charge on any atom is 0.397 e. The minimum Gasteiger partial charge on any atom is -0.394 e. The second-order valence-electron chi connectivity index (χ2n) is 18.2. The van der Waals surface area contributed by atoms with Gasteiger partial charge in [-0.3, -0.25) is 9.35 Å². The molecule has 0 saturated carbocycles. The minimum atomic E-state index is -5.12. The summed E-state index contributed by atoms with van der Waals surface area (Å²) < 4.78 is 47.3. The topological polar surface area (TPSA) is 212 Å². The van der Waals surface area contributed by atoms with Crippen molar-refractivity contribution in [3.05, 3.63) is 48.6 Å². The van der Waals surface area contributed by atoms with Crippen LogP contribution in [0.25, 0.3) is 0 Å². The number of carbonyl (C=O) groups excluding carboxylic acids is 1. The van der Waals surface area contributed by atoms with Crippen LogP contribution < -0.4 is 5.32 Å². The Bertz CT molecular complexity index is 1370. The van der Waals surface area contributed by atoms with Crippen LogP contribution in [0, 0.1) is 0 Å². The summed E-state index contributed by atoms with van der Waals surface area (Å²) in [5.74, 6) is -0.717. The Morgan fingerprint density at radius 1 is 0.621 bits per heavy atom. The molecule has 0 aromatic heterocycles. The molecule has 0 spiro atoms. The Morgan fingerprint density at radius 3 is 1.59 bits per heavy atom. The van der Waals surface area contributed by atoms with Crippen molar-refractivity contribution in [2.24, 2.45) is 0 Å². The fraction of sp³-hybridized carbons (Fsp3) is 0.827. The molecule has 1 fully saturated rings. The van der Waals surface area contributed by atoms with Gasteiger partial charge in [-0.1, -0.05) is 204 Å². The van der Waals surface area contributed by atoms with Crippen molar-refractivity contribution in [3.8, 4) is 0 Å². The van der Waals surface area contributed by atoms with E-state index in [2.05, 4.69) is 53.7 Å². The number of amides is 1. The highest BCUT2D eigenvalue weighted by Crippen LogP contribution is 2.26. The van der Waals surface area contributed by atoms with Crippen molar-refractivity contribution in [3.63, 3.8) is 0 Å². The zero-order valence-corrected chi connectivity index (χ0v) is 41.9. The number of aliphatic hydroxyl groups is 5. The molecular formula is C52H95NO12S. The van der Waals surface area contributed by atoms with E-state index in [9.17, 15) is 38.7 Å². The molecule has 0 radical (unpaired) electrons. The van der Waals surface area contributed by atoms with E-state index in [1.807, 2.05) is 6.08 Å². The van der Waals surface area contributed by atoms with Gasteiger partial charge in [0.2, 0.25) is 5.91 Å². The summed E-state index contributed by atoms with van der Waals surface area (Å²) in [6.07, 6.45) is 41.3. The quantitative estimate of drug-likeness (QED) is 0.0173. The largest absolute Gasteiger partial charge is 0.397 e. The van der Waals surface area contributed by atoms with E-state index < -0.39 is 78.5 Å². The molecule has 1 saturated heterocycles. The van der Waals surface area contributed by atoms with E-state index in [4.69, 9.17) is 14.0 Å². The maximum atomic E-state index is 13.1. The summed E-state index contributed by atoms with van der Waals surface area (Å²) >= 11 is 0. The molecule has 8 atom stereocenters. The molecule has 14 heteroatoms. The zero-order valence-electron chi connectivity index (χ0n) is 41.1. The fourth-order valence-electron chi connectivity index (χ4n) is 8.04. The molecule has 13 nitrogen and oxygen atoms in total. The van der Waals surface area contributed by atoms with Crippen molar-refractivity contribution < 1.29 is 57.0 Å². The van der Waals surface area contributed by atoms with Gasteiger partial charge < -0.3 is 40.3 Å². The number of hydrogen-bond acceptors (Lipinski definition) is 11. The summed E-state index contributed by atoms with van der Waals surface area (Å²) in [6.45, 7) is 3.08. The summed E-state index contributed by atoms with van der Waals surface area (Å²) in [7, 11) is -5.12. The lowest BCUT2D eigenvalue weighted by Gasteiger charge is -2.41. The van der Waals surface area contributed by atoms with Crippen molar-refractivity contribution in [2.75, 3.05) is 13.2 Å². The average Bonchev–Trinajstić information content (AvgIpc) is 3.29. The molecule has 66 heavy (non-hydrogen) atoms. The molecule has 0 bridgehead atoms. The van der Waals surface area contributed by atoms with E-state index >= 15 is 0 Å². The van der Waals surface area contributed by atoms with Gasteiger partial charge in [0.1, 0.15) is 30.5 Å². The predicted molar refractivity (Wildman–Crippen MR) is 265 cm³/mol. The van der Waals surface area contributed by atoms with Crippen LogP contribution in [0.1, 0.15) is 213 Å². The molecule has 7 N–H and O–H groups in total. The van der Waals surface area contributed by atoms with Gasteiger partial charge in [0.05, 0.1) is 25.4 Å². The van der Waals surface area contributed by atoms with Crippen molar-refractivity contribution in [1.29, 1.82) is 0 Å². The number of aliphatic hydroxyl groups excluding tert-OH is 5. The third-order valence-corrected chi connectivity index (χ3v) is 12.6. The number of unbranched alkanes of at least 4 members (excludes halogenated alkanes) is 25. The van der Waals surface area contributed by atoms with Crippen LogP contribution in [-0.2, 0) is 28.9 Å². The molecule has 1 aliphatic heterocycles. The Labute approximate surface area is 400 Å². The lowest BCUT2D eigenvalue weighted by molar-refractivity contribution is -0.298. The van der Waals surface area contributed by atoms with Crippen molar-refractivity contribution >= 4 is 16.3 Å². The van der Waals surface area contributed by atoms with Gasteiger partial charge in [0.15, 0.2) is 6.29 Å². The zero-order chi connectivity index (χ0) is 48.5. The van der Waals surface area contributed by atoms with Gasteiger partial charge >= 0.3 is 10.4 Å². The number of nitrogens with one attached hydrogen (secondary N) is 1. The first-order valence-corrected chi connectivity index (χ1v) is 27.5. The highest BCUT2D eigenvalue weighted by Gasteiger charge is 2.48. The smallest absolute Gasteiger partial charge is 0.394 e. The molecule has 1 rings (SSSR count). The van der Waals surface area contributed by atoms with Gasteiger partial charge in [-0.25, -0.2) is 4.18 Å². The van der Waals surface area contributed by atoms with E-state index in [1.165, 1.54) is 141 Å². The van der Waals surface area contributed by atoms with Crippen LogP contribution in [0.3, 0.4) is 0 Å². The average molecular weight is 958 g/mol. The van der Waals surface area contributed by atoms with Crippen LogP contribution in [0.15, 0.2) is 48.6 Å². The first kappa shape index (κ1) is 62.0. The van der Waals surface area contributed by atoms with Gasteiger partial charge in [-0.05, 0) is 57.8 Å². The highest BCUT2D eigenvalue weighted by molar-refractivity contribution is 7.80. The second kappa shape index (κ2) is 41.9. The maximum absolute atomic E-state index is 13.1. The number of allylic oxidation sites excluding steroid dienone is 7. The first-order valence-electron chi connectivity index (χ1n) is 26.1. The second-order valence-corrected chi connectivity index (χ2v) is 19.3. The van der Waals surface area contributed by atoms with E-state index in [1.54, 1.807) is 6.08 Å². The summed E-state index contributed by atoms with van der Waals surface area (Å²) in [5.41, 5.74) is 0. The Hall–Kier alpha value is -1.98. The van der Waals surface area contributed by atoms with Gasteiger partial charge in [0, 0.05) is 0 Å². The fourth-order valence-corrected chi connectivity index (χ4v) is 8.55. The van der Waals surface area contributed by atoms with Crippen LogP contribution in [0.4, 0.5) is 0 Å². The van der Waals surface area contributed by atoms with Gasteiger partial charge in [-0.15, -0.1) is 0 Å².